The third kappa shape index (κ3) is 4.81. The number of aromatic nitrogens is 1. The van der Waals surface area contributed by atoms with Gasteiger partial charge in [0, 0.05) is 17.6 Å². The fraction of sp³-hybridized carbons (Fsp3) is 0.500. The zero-order valence-electron chi connectivity index (χ0n) is 9.69. The molecule has 1 aromatic rings. The van der Waals surface area contributed by atoms with Crippen LogP contribution in [0.2, 0.25) is 0 Å². The third-order valence-electron chi connectivity index (χ3n) is 1.98. The van der Waals surface area contributed by atoms with Crippen LogP contribution in [0.4, 0.5) is 4.79 Å². The summed E-state index contributed by atoms with van der Waals surface area (Å²) in [7, 11) is 0. The van der Waals surface area contributed by atoms with Gasteiger partial charge in [-0.1, -0.05) is 0 Å². The van der Waals surface area contributed by atoms with Crippen molar-refractivity contribution >= 4 is 23.3 Å². The molecule has 0 aliphatic carbocycles. The van der Waals surface area contributed by atoms with E-state index in [4.69, 9.17) is 5.11 Å². The number of carbonyl (C=O) groups excluding carboxylic acids is 1. The summed E-state index contributed by atoms with van der Waals surface area (Å²) in [4.78, 5) is 26.9. The molecule has 0 radical (unpaired) electrons. The molecule has 0 aliphatic rings. The minimum atomic E-state index is -0.936. The normalized spacial score (nSPS) is 11.9. The average Bonchev–Trinajstić information content (AvgIpc) is 2.64. The Balaban J connectivity index is 2.33. The zero-order valence-corrected chi connectivity index (χ0v) is 10.5. The van der Waals surface area contributed by atoms with E-state index >= 15 is 0 Å². The first-order chi connectivity index (χ1) is 7.99. The number of hydrogen-bond acceptors (Lipinski definition) is 4. The van der Waals surface area contributed by atoms with E-state index in [1.807, 2.05) is 13.8 Å². The van der Waals surface area contributed by atoms with Crippen LogP contribution in [-0.4, -0.2) is 28.6 Å². The predicted octanol–water partition coefficient (Wildman–Crippen LogP) is 1.29. The van der Waals surface area contributed by atoms with Gasteiger partial charge in [0.05, 0.1) is 12.5 Å². The SMILES string of the molecule is Cc1cnc(C(C)NC(=O)NCCC(=O)O)s1. The summed E-state index contributed by atoms with van der Waals surface area (Å²) in [6.45, 7) is 3.89. The topological polar surface area (TPSA) is 91.3 Å². The highest BCUT2D eigenvalue weighted by Crippen LogP contribution is 2.18. The molecule has 0 aliphatic heterocycles. The van der Waals surface area contributed by atoms with Crippen LogP contribution in [0, 0.1) is 6.92 Å². The number of carbonyl (C=O) groups is 2. The van der Waals surface area contributed by atoms with Gasteiger partial charge in [0.1, 0.15) is 5.01 Å². The first-order valence-corrected chi connectivity index (χ1v) is 5.99. The summed E-state index contributed by atoms with van der Waals surface area (Å²) in [5.74, 6) is -0.936. The first-order valence-electron chi connectivity index (χ1n) is 5.17. The number of rotatable bonds is 5. The average molecular weight is 257 g/mol. The molecule has 7 heteroatoms. The molecule has 0 spiro atoms. The maximum absolute atomic E-state index is 11.4. The molecule has 0 aromatic carbocycles. The van der Waals surface area contributed by atoms with Crippen molar-refractivity contribution in [3.8, 4) is 0 Å². The molecule has 0 bridgehead atoms. The number of aliphatic carboxylic acids is 1. The molecule has 1 atom stereocenters. The summed E-state index contributed by atoms with van der Waals surface area (Å²) in [6, 6.07) is -0.565. The van der Waals surface area contributed by atoms with Gasteiger partial charge >= 0.3 is 12.0 Å². The summed E-state index contributed by atoms with van der Waals surface area (Å²) >= 11 is 1.52. The second-order valence-corrected chi connectivity index (χ2v) is 4.84. The lowest BCUT2D eigenvalue weighted by molar-refractivity contribution is -0.136. The number of hydrogen-bond donors (Lipinski definition) is 3. The standard InChI is InChI=1S/C10H15N3O3S/c1-6-5-12-9(17-6)7(2)13-10(16)11-4-3-8(14)15/h5,7H,3-4H2,1-2H3,(H,14,15)(H2,11,13,16). The van der Waals surface area contributed by atoms with E-state index in [9.17, 15) is 9.59 Å². The molecule has 0 saturated carbocycles. The van der Waals surface area contributed by atoms with Gasteiger partial charge in [-0.05, 0) is 13.8 Å². The number of aryl methyl sites for hydroxylation is 1. The second-order valence-electron chi connectivity index (χ2n) is 3.57. The van der Waals surface area contributed by atoms with Crippen LogP contribution in [0.1, 0.15) is 29.3 Å². The molecular formula is C10H15N3O3S. The summed E-state index contributed by atoms with van der Waals surface area (Å²) in [6.07, 6.45) is 1.67. The van der Waals surface area contributed by atoms with Crippen molar-refractivity contribution < 1.29 is 14.7 Å². The minimum absolute atomic E-state index is 0.0852. The Morgan fingerprint density at radius 2 is 2.29 bits per heavy atom. The minimum Gasteiger partial charge on any atom is -0.481 e. The van der Waals surface area contributed by atoms with E-state index in [-0.39, 0.29) is 25.0 Å². The van der Waals surface area contributed by atoms with Gasteiger partial charge in [0.25, 0.3) is 0 Å². The third-order valence-corrected chi connectivity index (χ3v) is 3.08. The Bertz CT molecular complexity index is 405. The van der Waals surface area contributed by atoms with Crippen molar-refractivity contribution in [2.75, 3.05) is 6.54 Å². The predicted molar refractivity (Wildman–Crippen MR) is 64.1 cm³/mol. The molecule has 0 fully saturated rings. The number of amides is 2. The van der Waals surface area contributed by atoms with Gasteiger partial charge in [-0.25, -0.2) is 9.78 Å². The Morgan fingerprint density at radius 1 is 1.59 bits per heavy atom. The number of carboxylic acids is 1. The van der Waals surface area contributed by atoms with Crippen LogP contribution < -0.4 is 10.6 Å². The first kappa shape index (κ1) is 13.4. The molecule has 1 unspecified atom stereocenters. The van der Waals surface area contributed by atoms with Crippen molar-refractivity contribution in [1.82, 2.24) is 15.6 Å². The van der Waals surface area contributed by atoms with Gasteiger partial charge < -0.3 is 15.7 Å². The summed E-state index contributed by atoms with van der Waals surface area (Å²) in [5, 5.41) is 14.4. The van der Waals surface area contributed by atoms with E-state index in [0.29, 0.717) is 0 Å². The highest BCUT2D eigenvalue weighted by atomic mass is 32.1. The number of nitrogens with zero attached hydrogens (tertiary/aromatic N) is 1. The Labute approximate surface area is 103 Å². The highest BCUT2D eigenvalue weighted by Gasteiger charge is 2.12. The molecule has 1 aromatic heterocycles. The molecule has 1 heterocycles. The zero-order chi connectivity index (χ0) is 12.8. The monoisotopic (exact) mass is 257 g/mol. The molecule has 94 valence electrons. The van der Waals surface area contributed by atoms with E-state index in [1.54, 1.807) is 6.20 Å². The summed E-state index contributed by atoms with van der Waals surface area (Å²) < 4.78 is 0. The molecular weight excluding hydrogens is 242 g/mol. The number of carboxylic acid groups (broad SMARTS) is 1. The van der Waals surface area contributed by atoms with Crippen molar-refractivity contribution in [3.63, 3.8) is 0 Å². The smallest absolute Gasteiger partial charge is 0.315 e. The molecule has 2 amide bonds. The number of urea groups is 1. The second kappa shape index (κ2) is 6.19. The van der Waals surface area contributed by atoms with E-state index in [0.717, 1.165) is 9.88 Å². The van der Waals surface area contributed by atoms with Crippen LogP contribution in [0.3, 0.4) is 0 Å². The lowest BCUT2D eigenvalue weighted by Gasteiger charge is -2.11. The van der Waals surface area contributed by atoms with Crippen molar-refractivity contribution in [2.24, 2.45) is 0 Å². The number of thiazole rings is 1. The lowest BCUT2D eigenvalue weighted by atomic mass is 10.3. The Kier molecular flexibility index (Phi) is 4.89. The fourth-order valence-electron chi connectivity index (χ4n) is 1.16. The van der Waals surface area contributed by atoms with Crippen LogP contribution >= 0.6 is 11.3 Å². The maximum atomic E-state index is 11.4. The van der Waals surface area contributed by atoms with E-state index < -0.39 is 5.97 Å². The number of nitrogens with one attached hydrogen (secondary N) is 2. The van der Waals surface area contributed by atoms with Crippen LogP contribution in [0.15, 0.2) is 6.20 Å². The van der Waals surface area contributed by atoms with E-state index in [2.05, 4.69) is 15.6 Å². The van der Waals surface area contributed by atoms with Crippen LogP contribution in [0.25, 0.3) is 0 Å². The van der Waals surface area contributed by atoms with Gasteiger partial charge in [0.15, 0.2) is 0 Å². The van der Waals surface area contributed by atoms with Crippen molar-refractivity contribution in [1.29, 1.82) is 0 Å². The van der Waals surface area contributed by atoms with Crippen molar-refractivity contribution in [3.05, 3.63) is 16.1 Å². The van der Waals surface area contributed by atoms with Crippen LogP contribution in [0.5, 0.6) is 0 Å². The molecule has 6 nitrogen and oxygen atoms in total. The Morgan fingerprint density at radius 3 is 2.82 bits per heavy atom. The molecule has 1 rings (SSSR count). The molecule has 3 N–H and O–H groups in total. The van der Waals surface area contributed by atoms with Gasteiger partial charge in [-0.3, -0.25) is 4.79 Å². The lowest BCUT2D eigenvalue weighted by Crippen LogP contribution is -2.38. The molecule has 0 saturated heterocycles. The molecule has 17 heavy (non-hydrogen) atoms. The van der Waals surface area contributed by atoms with Crippen LogP contribution in [-0.2, 0) is 4.79 Å². The maximum Gasteiger partial charge on any atom is 0.315 e. The quantitative estimate of drug-likeness (QED) is 0.741. The van der Waals surface area contributed by atoms with Gasteiger partial charge in [-0.2, -0.15) is 0 Å². The Hall–Kier alpha value is -1.63. The fourth-order valence-corrected chi connectivity index (χ4v) is 1.94. The summed E-state index contributed by atoms with van der Waals surface area (Å²) in [5.41, 5.74) is 0. The highest BCUT2D eigenvalue weighted by molar-refractivity contribution is 7.11. The van der Waals surface area contributed by atoms with E-state index in [1.165, 1.54) is 11.3 Å². The van der Waals surface area contributed by atoms with Crippen molar-refractivity contribution in [2.45, 2.75) is 26.3 Å². The van der Waals surface area contributed by atoms with Gasteiger partial charge in [0.2, 0.25) is 0 Å². The van der Waals surface area contributed by atoms with Gasteiger partial charge in [-0.15, -0.1) is 11.3 Å². The largest absolute Gasteiger partial charge is 0.481 e.